The fraction of sp³-hybridized carbons (Fsp3) is 1.00. The number of piperidine rings is 1. The molecule has 3 nitrogen and oxygen atoms in total. The van der Waals surface area contributed by atoms with Gasteiger partial charge in [0.25, 0.3) is 0 Å². The van der Waals surface area contributed by atoms with E-state index in [-0.39, 0.29) is 12.0 Å². The first-order valence-corrected chi connectivity index (χ1v) is 6.61. The highest BCUT2D eigenvalue weighted by atomic mass is 16.3. The van der Waals surface area contributed by atoms with Gasteiger partial charge in [0, 0.05) is 30.7 Å². The first-order chi connectivity index (χ1) is 7.53. The molecule has 0 saturated carbocycles. The summed E-state index contributed by atoms with van der Waals surface area (Å²) in [5.41, 5.74) is -0.00570. The summed E-state index contributed by atoms with van der Waals surface area (Å²) < 4.78 is 0. The Labute approximate surface area is 100 Å². The maximum absolute atomic E-state index is 9.18. The SMILES string of the molecule is CC(CC1CCCCN1)NCC(C)(C)CO. The van der Waals surface area contributed by atoms with Gasteiger partial charge in [-0.05, 0) is 32.7 Å². The third-order valence-electron chi connectivity index (χ3n) is 3.41. The van der Waals surface area contributed by atoms with Gasteiger partial charge in [-0.15, -0.1) is 0 Å². The Balaban J connectivity index is 2.17. The second kappa shape index (κ2) is 6.58. The van der Waals surface area contributed by atoms with Crippen molar-refractivity contribution in [2.45, 2.75) is 58.5 Å². The predicted octanol–water partition coefficient (Wildman–Crippen LogP) is 1.52. The van der Waals surface area contributed by atoms with Crippen LogP contribution in [0.1, 0.15) is 46.5 Å². The lowest BCUT2D eigenvalue weighted by Crippen LogP contribution is -2.42. The molecule has 0 amide bonds. The van der Waals surface area contributed by atoms with Gasteiger partial charge in [-0.1, -0.05) is 20.3 Å². The molecule has 1 aliphatic heterocycles. The number of hydrogen-bond donors (Lipinski definition) is 3. The molecule has 1 aliphatic rings. The predicted molar refractivity (Wildman–Crippen MR) is 68.6 cm³/mol. The normalized spacial score (nSPS) is 24.4. The lowest BCUT2D eigenvalue weighted by atomic mass is 9.93. The zero-order valence-electron chi connectivity index (χ0n) is 11.1. The third kappa shape index (κ3) is 5.28. The van der Waals surface area contributed by atoms with Crippen molar-refractivity contribution in [1.82, 2.24) is 10.6 Å². The fourth-order valence-corrected chi connectivity index (χ4v) is 2.14. The van der Waals surface area contributed by atoms with Crippen molar-refractivity contribution in [3.8, 4) is 0 Å². The van der Waals surface area contributed by atoms with Gasteiger partial charge in [0.05, 0.1) is 0 Å². The molecule has 3 heteroatoms. The van der Waals surface area contributed by atoms with E-state index in [1.807, 2.05) is 0 Å². The Hall–Kier alpha value is -0.120. The first-order valence-electron chi connectivity index (χ1n) is 6.61. The van der Waals surface area contributed by atoms with Crippen LogP contribution < -0.4 is 10.6 Å². The molecule has 3 N–H and O–H groups in total. The summed E-state index contributed by atoms with van der Waals surface area (Å²) in [6.07, 6.45) is 5.21. The summed E-state index contributed by atoms with van der Waals surface area (Å²) in [7, 11) is 0. The van der Waals surface area contributed by atoms with Gasteiger partial charge < -0.3 is 15.7 Å². The molecule has 1 heterocycles. The van der Waals surface area contributed by atoms with Gasteiger partial charge in [-0.25, -0.2) is 0 Å². The molecule has 16 heavy (non-hydrogen) atoms. The van der Waals surface area contributed by atoms with E-state index in [2.05, 4.69) is 31.4 Å². The lowest BCUT2D eigenvalue weighted by Gasteiger charge is -2.29. The van der Waals surface area contributed by atoms with E-state index in [9.17, 15) is 5.11 Å². The van der Waals surface area contributed by atoms with Gasteiger partial charge in [-0.2, -0.15) is 0 Å². The largest absolute Gasteiger partial charge is 0.396 e. The lowest BCUT2D eigenvalue weighted by molar-refractivity contribution is 0.152. The van der Waals surface area contributed by atoms with E-state index >= 15 is 0 Å². The van der Waals surface area contributed by atoms with Crippen LogP contribution in [-0.2, 0) is 0 Å². The van der Waals surface area contributed by atoms with Crippen molar-refractivity contribution in [3.05, 3.63) is 0 Å². The summed E-state index contributed by atoms with van der Waals surface area (Å²) in [6.45, 7) is 8.73. The van der Waals surface area contributed by atoms with Gasteiger partial charge in [0.15, 0.2) is 0 Å². The van der Waals surface area contributed by atoms with Crippen LogP contribution in [0.5, 0.6) is 0 Å². The molecule has 1 rings (SSSR count). The highest BCUT2D eigenvalue weighted by Crippen LogP contribution is 2.14. The van der Waals surface area contributed by atoms with Crippen LogP contribution in [0.3, 0.4) is 0 Å². The summed E-state index contributed by atoms with van der Waals surface area (Å²) in [6, 6.07) is 1.22. The first kappa shape index (κ1) is 13.9. The van der Waals surface area contributed by atoms with E-state index < -0.39 is 0 Å². The van der Waals surface area contributed by atoms with Gasteiger partial charge in [-0.3, -0.25) is 0 Å². The highest BCUT2D eigenvalue weighted by Gasteiger charge is 2.19. The van der Waals surface area contributed by atoms with Crippen LogP contribution in [0, 0.1) is 5.41 Å². The molecule has 1 fully saturated rings. The number of aliphatic hydroxyl groups excluding tert-OH is 1. The minimum Gasteiger partial charge on any atom is -0.396 e. The summed E-state index contributed by atoms with van der Waals surface area (Å²) in [5.74, 6) is 0. The van der Waals surface area contributed by atoms with Gasteiger partial charge >= 0.3 is 0 Å². The van der Waals surface area contributed by atoms with E-state index in [1.54, 1.807) is 0 Å². The summed E-state index contributed by atoms with van der Waals surface area (Å²) >= 11 is 0. The molecule has 0 radical (unpaired) electrons. The molecule has 2 atom stereocenters. The Morgan fingerprint density at radius 3 is 2.75 bits per heavy atom. The van der Waals surface area contributed by atoms with Crippen LogP contribution in [0.15, 0.2) is 0 Å². The third-order valence-corrected chi connectivity index (χ3v) is 3.41. The van der Waals surface area contributed by atoms with Crippen molar-refractivity contribution < 1.29 is 5.11 Å². The molecule has 1 saturated heterocycles. The minimum atomic E-state index is -0.00570. The standard InChI is InChI=1S/C13H28N2O/c1-11(15-9-13(2,3)10-16)8-12-6-4-5-7-14-12/h11-12,14-16H,4-10H2,1-3H3. The molecular weight excluding hydrogens is 200 g/mol. The molecule has 0 bridgehead atoms. The molecule has 96 valence electrons. The van der Waals surface area contributed by atoms with Crippen molar-refractivity contribution in [1.29, 1.82) is 0 Å². The van der Waals surface area contributed by atoms with Crippen LogP contribution in [0.2, 0.25) is 0 Å². The van der Waals surface area contributed by atoms with E-state index in [1.165, 1.54) is 32.2 Å². The van der Waals surface area contributed by atoms with Crippen LogP contribution in [-0.4, -0.2) is 36.9 Å². The number of aliphatic hydroxyl groups is 1. The maximum Gasteiger partial charge on any atom is 0.0494 e. The molecule has 0 aromatic rings. The Bertz CT molecular complexity index is 188. The molecule has 0 aromatic carbocycles. The zero-order chi connectivity index (χ0) is 12.0. The van der Waals surface area contributed by atoms with E-state index in [4.69, 9.17) is 0 Å². The second-order valence-electron chi connectivity index (χ2n) is 5.99. The quantitative estimate of drug-likeness (QED) is 0.646. The van der Waals surface area contributed by atoms with Crippen molar-refractivity contribution >= 4 is 0 Å². The van der Waals surface area contributed by atoms with Crippen LogP contribution >= 0.6 is 0 Å². The maximum atomic E-state index is 9.18. The molecule has 0 spiro atoms. The number of rotatable bonds is 6. The average molecular weight is 228 g/mol. The zero-order valence-corrected chi connectivity index (χ0v) is 11.1. The number of hydrogen-bond acceptors (Lipinski definition) is 3. The van der Waals surface area contributed by atoms with E-state index in [0.717, 1.165) is 6.54 Å². The van der Waals surface area contributed by atoms with Crippen LogP contribution in [0.4, 0.5) is 0 Å². The fourth-order valence-electron chi connectivity index (χ4n) is 2.14. The summed E-state index contributed by atoms with van der Waals surface area (Å²) in [4.78, 5) is 0. The smallest absolute Gasteiger partial charge is 0.0494 e. The topological polar surface area (TPSA) is 44.3 Å². The van der Waals surface area contributed by atoms with Crippen molar-refractivity contribution in [3.63, 3.8) is 0 Å². The molecule has 0 aliphatic carbocycles. The average Bonchev–Trinajstić information content (AvgIpc) is 2.28. The number of nitrogens with one attached hydrogen (secondary N) is 2. The van der Waals surface area contributed by atoms with Crippen LogP contribution in [0.25, 0.3) is 0 Å². The van der Waals surface area contributed by atoms with E-state index in [0.29, 0.717) is 12.1 Å². The minimum absolute atomic E-state index is 0.00570. The molecule has 0 aromatic heterocycles. The summed E-state index contributed by atoms with van der Waals surface area (Å²) in [5, 5.41) is 16.3. The van der Waals surface area contributed by atoms with Crippen molar-refractivity contribution in [2.24, 2.45) is 5.41 Å². The Morgan fingerprint density at radius 2 is 2.19 bits per heavy atom. The monoisotopic (exact) mass is 228 g/mol. The molecular formula is C13H28N2O. The Morgan fingerprint density at radius 1 is 1.44 bits per heavy atom. The second-order valence-corrected chi connectivity index (χ2v) is 5.99. The Kier molecular flexibility index (Phi) is 5.73. The highest BCUT2D eigenvalue weighted by molar-refractivity contribution is 4.79. The molecule has 2 unspecified atom stereocenters. The van der Waals surface area contributed by atoms with Gasteiger partial charge in [0.2, 0.25) is 0 Å². The van der Waals surface area contributed by atoms with Gasteiger partial charge in [0.1, 0.15) is 0 Å². The van der Waals surface area contributed by atoms with Crippen molar-refractivity contribution in [2.75, 3.05) is 19.7 Å².